The minimum absolute atomic E-state index is 0.102. The van der Waals surface area contributed by atoms with Crippen molar-refractivity contribution in [2.75, 3.05) is 24.1 Å². The molecule has 0 radical (unpaired) electrons. The van der Waals surface area contributed by atoms with Gasteiger partial charge in [-0.25, -0.2) is 9.50 Å². The van der Waals surface area contributed by atoms with Crippen LogP contribution in [-0.4, -0.2) is 61.2 Å². The molecule has 1 aliphatic heterocycles. The molecule has 0 aromatic carbocycles. The van der Waals surface area contributed by atoms with E-state index in [1.54, 1.807) is 21.7 Å². The fraction of sp³-hybridized carbons (Fsp3) is 0.440. The zero-order valence-corrected chi connectivity index (χ0v) is 20.1. The number of nitrogen functional groups attached to an aromatic ring is 1. The predicted molar refractivity (Wildman–Crippen MR) is 132 cm³/mol. The highest BCUT2D eigenvalue weighted by atomic mass is 16.3. The molecule has 4 heterocycles. The van der Waals surface area contributed by atoms with Crippen LogP contribution in [0.25, 0.3) is 16.6 Å². The van der Waals surface area contributed by atoms with Gasteiger partial charge >= 0.3 is 0 Å². The average Bonchev–Trinajstić information content (AvgIpc) is 3.48. The summed E-state index contributed by atoms with van der Waals surface area (Å²) in [6, 6.07) is 5.69. The second-order valence-corrected chi connectivity index (χ2v) is 10.4. The molecule has 1 saturated heterocycles. The Kier molecular flexibility index (Phi) is 5.43. The van der Waals surface area contributed by atoms with Crippen molar-refractivity contribution >= 4 is 28.8 Å². The lowest BCUT2D eigenvalue weighted by molar-refractivity contribution is -0.147. The lowest BCUT2D eigenvalue weighted by Gasteiger charge is -2.28. The molecular weight excluding hydrogens is 446 g/mol. The van der Waals surface area contributed by atoms with Crippen LogP contribution < -0.4 is 16.8 Å². The van der Waals surface area contributed by atoms with Crippen LogP contribution in [-0.2, 0) is 4.79 Å². The predicted octanol–water partition coefficient (Wildman–Crippen LogP) is 1.74. The SMILES string of the molecule is C[C@H]1[C@@H]2CN(C(=O)C(C)(C)O)C[C@H]2C[C@H]1Nc1c(C(N)=O)cnn2cc(-c3ccc(N)nc3)cc12. The number of nitrogens with two attached hydrogens (primary N) is 2. The number of fused-ring (bicyclic) bond motifs is 2. The third-order valence-electron chi connectivity index (χ3n) is 7.52. The maximum atomic E-state index is 12.6. The fourth-order valence-corrected chi connectivity index (χ4v) is 5.64. The van der Waals surface area contributed by atoms with Gasteiger partial charge in [0, 0.05) is 42.7 Å². The van der Waals surface area contributed by atoms with E-state index in [1.807, 2.05) is 18.3 Å². The fourth-order valence-electron chi connectivity index (χ4n) is 5.64. The minimum Gasteiger partial charge on any atom is -0.384 e. The molecular formula is C25H31N7O3. The van der Waals surface area contributed by atoms with Crippen molar-refractivity contribution in [3.63, 3.8) is 0 Å². The van der Waals surface area contributed by atoms with Crippen molar-refractivity contribution in [1.82, 2.24) is 19.5 Å². The Hall–Kier alpha value is -3.66. The van der Waals surface area contributed by atoms with Crippen LogP contribution >= 0.6 is 0 Å². The van der Waals surface area contributed by atoms with Gasteiger partial charge in [-0.1, -0.05) is 6.92 Å². The van der Waals surface area contributed by atoms with Gasteiger partial charge in [-0.05, 0) is 56.2 Å². The zero-order chi connectivity index (χ0) is 25.1. The van der Waals surface area contributed by atoms with Gasteiger partial charge in [0.2, 0.25) is 0 Å². The van der Waals surface area contributed by atoms with Gasteiger partial charge in [-0.3, -0.25) is 9.59 Å². The zero-order valence-electron chi connectivity index (χ0n) is 20.1. The summed E-state index contributed by atoms with van der Waals surface area (Å²) in [5.41, 5.74) is 13.6. The van der Waals surface area contributed by atoms with Crippen molar-refractivity contribution in [3.05, 3.63) is 42.4 Å². The van der Waals surface area contributed by atoms with Crippen molar-refractivity contribution in [3.8, 4) is 11.1 Å². The molecule has 3 aromatic heterocycles. The second-order valence-electron chi connectivity index (χ2n) is 10.4. The van der Waals surface area contributed by atoms with Gasteiger partial charge in [0.15, 0.2) is 0 Å². The maximum absolute atomic E-state index is 12.6. The monoisotopic (exact) mass is 477 g/mol. The molecule has 6 N–H and O–H groups in total. The van der Waals surface area contributed by atoms with Crippen LogP contribution in [0.15, 0.2) is 36.8 Å². The molecule has 10 nitrogen and oxygen atoms in total. The molecule has 0 bridgehead atoms. The van der Waals surface area contributed by atoms with Gasteiger partial charge < -0.3 is 26.8 Å². The number of hydrogen-bond acceptors (Lipinski definition) is 7. The molecule has 3 aromatic rings. The summed E-state index contributed by atoms with van der Waals surface area (Å²) in [4.78, 5) is 30.8. The number of nitrogens with one attached hydrogen (secondary N) is 1. The third-order valence-corrected chi connectivity index (χ3v) is 7.52. The van der Waals surface area contributed by atoms with Gasteiger partial charge in [0.25, 0.3) is 11.8 Å². The molecule has 2 aliphatic rings. The summed E-state index contributed by atoms with van der Waals surface area (Å²) in [7, 11) is 0. The number of hydrogen-bond donors (Lipinski definition) is 4. The van der Waals surface area contributed by atoms with E-state index in [0.29, 0.717) is 42.0 Å². The van der Waals surface area contributed by atoms with Crippen LogP contribution in [0.1, 0.15) is 37.6 Å². The van der Waals surface area contributed by atoms with E-state index in [4.69, 9.17) is 11.5 Å². The summed E-state index contributed by atoms with van der Waals surface area (Å²) in [5.74, 6) is 0.561. The molecule has 0 spiro atoms. The Morgan fingerprint density at radius 3 is 2.60 bits per heavy atom. The molecule has 35 heavy (non-hydrogen) atoms. The summed E-state index contributed by atoms with van der Waals surface area (Å²) >= 11 is 0. The Morgan fingerprint density at radius 1 is 1.20 bits per heavy atom. The van der Waals surface area contributed by atoms with E-state index in [-0.39, 0.29) is 17.9 Å². The molecule has 1 aliphatic carbocycles. The minimum atomic E-state index is -1.37. The number of anilines is 2. The number of carbonyl (C=O) groups excluding carboxylic acids is 2. The normalized spacial score (nSPS) is 24.1. The van der Waals surface area contributed by atoms with Gasteiger partial charge in [-0.2, -0.15) is 5.10 Å². The van der Waals surface area contributed by atoms with E-state index in [1.165, 1.54) is 20.0 Å². The highest BCUT2D eigenvalue weighted by Gasteiger charge is 2.48. The quantitative estimate of drug-likeness (QED) is 0.437. The second kappa shape index (κ2) is 8.23. The number of likely N-dealkylation sites (tertiary alicyclic amines) is 1. The van der Waals surface area contributed by atoms with Crippen LogP contribution in [0, 0.1) is 17.8 Å². The Balaban J connectivity index is 1.43. The van der Waals surface area contributed by atoms with Gasteiger partial charge in [0.1, 0.15) is 11.4 Å². The number of primary amides is 1. The number of aromatic nitrogens is 3. The Morgan fingerprint density at radius 2 is 1.97 bits per heavy atom. The van der Waals surface area contributed by atoms with Crippen LogP contribution in [0.5, 0.6) is 0 Å². The first-order valence-electron chi connectivity index (χ1n) is 11.8. The smallest absolute Gasteiger partial charge is 0.253 e. The number of nitrogens with zero attached hydrogens (tertiary/aromatic N) is 4. The number of amides is 2. The lowest BCUT2D eigenvalue weighted by atomic mass is 9.93. The molecule has 5 rings (SSSR count). The van der Waals surface area contributed by atoms with Crippen molar-refractivity contribution < 1.29 is 14.7 Å². The molecule has 184 valence electrons. The molecule has 1 saturated carbocycles. The van der Waals surface area contributed by atoms with E-state index >= 15 is 0 Å². The lowest BCUT2D eigenvalue weighted by Crippen LogP contribution is -2.45. The van der Waals surface area contributed by atoms with Crippen molar-refractivity contribution in [2.24, 2.45) is 23.5 Å². The summed E-state index contributed by atoms with van der Waals surface area (Å²) < 4.78 is 1.73. The van der Waals surface area contributed by atoms with E-state index in [9.17, 15) is 14.7 Å². The molecule has 4 atom stereocenters. The van der Waals surface area contributed by atoms with E-state index in [0.717, 1.165) is 23.1 Å². The first-order valence-corrected chi connectivity index (χ1v) is 11.8. The summed E-state index contributed by atoms with van der Waals surface area (Å²) in [5, 5.41) is 18.1. The van der Waals surface area contributed by atoms with Crippen LogP contribution in [0.3, 0.4) is 0 Å². The molecule has 10 heteroatoms. The van der Waals surface area contributed by atoms with Gasteiger partial charge in [0.05, 0.1) is 23.0 Å². The van der Waals surface area contributed by atoms with E-state index < -0.39 is 11.5 Å². The summed E-state index contributed by atoms with van der Waals surface area (Å²) in [6.45, 7) is 6.49. The van der Waals surface area contributed by atoms with Crippen LogP contribution in [0.4, 0.5) is 11.5 Å². The molecule has 0 unspecified atom stereocenters. The van der Waals surface area contributed by atoms with E-state index in [2.05, 4.69) is 22.3 Å². The standard InChI is InChI=1S/C25H31N7O3/c1-13-18-12-31(24(34)25(2,3)35)10-16(18)6-19(13)30-22-17(23(27)33)9-29-32-11-15(7-20(22)32)14-4-5-21(26)28-8-14/h4-5,7-9,11,13,16,18-19,30,35H,6,10,12H2,1-3H3,(H2,26,28)(H2,27,33)/t13-,16+,18-,19+/m0/s1. The highest BCUT2D eigenvalue weighted by Crippen LogP contribution is 2.44. The summed E-state index contributed by atoms with van der Waals surface area (Å²) in [6.07, 6.45) is 5.93. The maximum Gasteiger partial charge on any atom is 0.253 e. The largest absolute Gasteiger partial charge is 0.384 e. The molecule has 2 amide bonds. The van der Waals surface area contributed by atoms with Crippen molar-refractivity contribution in [1.29, 1.82) is 0 Å². The van der Waals surface area contributed by atoms with Gasteiger partial charge in [-0.15, -0.1) is 0 Å². The Bertz CT molecular complexity index is 1290. The number of aliphatic hydroxyl groups is 1. The number of rotatable bonds is 5. The number of pyridine rings is 1. The average molecular weight is 478 g/mol. The number of carbonyl (C=O) groups is 2. The third kappa shape index (κ3) is 4.07. The topological polar surface area (TPSA) is 152 Å². The van der Waals surface area contributed by atoms with Crippen LogP contribution in [0.2, 0.25) is 0 Å². The molecule has 2 fully saturated rings. The highest BCUT2D eigenvalue weighted by molar-refractivity contribution is 6.02. The first kappa shape index (κ1) is 23.1. The first-order chi connectivity index (χ1) is 16.5. The Labute approximate surface area is 203 Å². The van der Waals surface area contributed by atoms with Crippen molar-refractivity contribution in [2.45, 2.75) is 38.8 Å².